The van der Waals surface area contributed by atoms with Gasteiger partial charge in [-0.05, 0) is 50.3 Å². The monoisotopic (exact) mass is 309 g/mol. The van der Waals surface area contributed by atoms with Crippen molar-refractivity contribution in [3.8, 4) is 0 Å². The fourth-order valence-corrected chi connectivity index (χ4v) is 4.71. The van der Waals surface area contributed by atoms with Crippen molar-refractivity contribution in [1.82, 2.24) is 5.32 Å². The summed E-state index contributed by atoms with van der Waals surface area (Å²) >= 11 is 1.74. The molecule has 21 heavy (non-hydrogen) atoms. The van der Waals surface area contributed by atoms with Crippen molar-refractivity contribution < 1.29 is 4.39 Å². The van der Waals surface area contributed by atoms with Crippen LogP contribution < -0.4 is 5.32 Å². The molecule has 0 spiro atoms. The molecule has 0 amide bonds. The van der Waals surface area contributed by atoms with Crippen LogP contribution in [0.15, 0.2) is 29.2 Å². The van der Waals surface area contributed by atoms with Gasteiger partial charge in [-0.15, -0.1) is 11.8 Å². The molecular formula is C18H28FNS. The maximum absolute atomic E-state index is 13.9. The van der Waals surface area contributed by atoms with Crippen LogP contribution in [0.3, 0.4) is 0 Å². The molecule has 0 radical (unpaired) electrons. The van der Waals surface area contributed by atoms with E-state index in [0.717, 1.165) is 23.8 Å². The smallest absolute Gasteiger partial charge is 0.136 e. The highest BCUT2D eigenvalue weighted by molar-refractivity contribution is 8.00. The van der Waals surface area contributed by atoms with Crippen LogP contribution in [0.1, 0.15) is 52.4 Å². The third-order valence-corrected chi connectivity index (χ3v) is 5.78. The minimum Gasteiger partial charge on any atom is -0.313 e. The van der Waals surface area contributed by atoms with E-state index in [1.165, 1.54) is 32.1 Å². The van der Waals surface area contributed by atoms with Crippen LogP contribution in [-0.2, 0) is 0 Å². The van der Waals surface area contributed by atoms with E-state index in [4.69, 9.17) is 0 Å². The van der Waals surface area contributed by atoms with Gasteiger partial charge >= 0.3 is 0 Å². The van der Waals surface area contributed by atoms with E-state index in [1.807, 2.05) is 12.1 Å². The molecule has 0 aliphatic heterocycles. The first-order valence-corrected chi connectivity index (χ1v) is 9.27. The lowest BCUT2D eigenvalue weighted by molar-refractivity contribution is 0.287. The van der Waals surface area contributed by atoms with Crippen LogP contribution >= 0.6 is 11.8 Å². The average Bonchev–Trinajstić information content (AvgIpc) is 2.49. The lowest BCUT2D eigenvalue weighted by atomic mass is 9.83. The Hall–Kier alpha value is -0.540. The van der Waals surface area contributed by atoms with Gasteiger partial charge in [0.1, 0.15) is 5.82 Å². The summed E-state index contributed by atoms with van der Waals surface area (Å²) in [5.74, 6) is 0.744. The molecule has 118 valence electrons. The SMILES string of the molecule is CCCNC1CCC(CCC)CC1Sc1ccccc1F. The third-order valence-electron chi connectivity index (χ3n) is 4.37. The van der Waals surface area contributed by atoms with Crippen molar-refractivity contribution in [2.24, 2.45) is 5.92 Å². The summed E-state index contributed by atoms with van der Waals surface area (Å²) in [6.07, 6.45) is 7.50. The van der Waals surface area contributed by atoms with Crippen molar-refractivity contribution >= 4 is 11.8 Å². The summed E-state index contributed by atoms with van der Waals surface area (Å²) in [4.78, 5) is 0.808. The second-order valence-electron chi connectivity index (χ2n) is 6.12. The van der Waals surface area contributed by atoms with Crippen molar-refractivity contribution in [2.75, 3.05) is 6.54 Å². The molecule has 0 heterocycles. The first-order valence-electron chi connectivity index (χ1n) is 8.39. The molecule has 1 aliphatic rings. The minimum atomic E-state index is -0.0747. The van der Waals surface area contributed by atoms with Gasteiger partial charge in [0.25, 0.3) is 0 Å². The normalized spacial score (nSPS) is 26.0. The minimum absolute atomic E-state index is 0.0747. The molecule has 1 aromatic carbocycles. The fraction of sp³-hybridized carbons (Fsp3) is 0.667. The maximum Gasteiger partial charge on any atom is 0.136 e. The molecule has 1 aromatic rings. The predicted octanol–water partition coefficient (Wildman–Crippen LogP) is 5.25. The van der Waals surface area contributed by atoms with Crippen LogP contribution in [0.2, 0.25) is 0 Å². The number of rotatable bonds is 7. The van der Waals surface area contributed by atoms with Crippen LogP contribution in [0.5, 0.6) is 0 Å². The largest absolute Gasteiger partial charge is 0.313 e. The molecular weight excluding hydrogens is 281 g/mol. The lowest BCUT2D eigenvalue weighted by Crippen LogP contribution is -2.43. The average molecular weight is 309 g/mol. The number of hydrogen-bond acceptors (Lipinski definition) is 2. The third kappa shape index (κ3) is 5.00. The predicted molar refractivity (Wildman–Crippen MR) is 90.4 cm³/mol. The highest BCUT2D eigenvalue weighted by Crippen LogP contribution is 2.38. The van der Waals surface area contributed by atoms with Crippen LogP contribution in [0.4, 0.5) is 4.39 Å². The molecule has 1 fully saturated rings. The fourth-order valence-electron chi connectivity index (χ4n) is 3.28. The molecule has 2 rings (SSSR count). The Bertz CT molecular complexity index is 423. The van der Waals surface area contributed by atoms with E-state index in [-0.39, 0.29) is 5.82 Å². The Kier molecular flexibility index (Phi) is 7.05. The van der Waals surface area contributed by atoms with E-state index < -0.39 is 0 Å². The van der Waals surface area contributed by atoms with E-state index >= 15 is 0 Å². The topological polar surface area (TPSA) is 12.0 Å². The van der Waals surface area contributed by atoms with E-state index in [1.54, 1.807) is 23.9 Å². The Morgan fingerprint density at radius 3 is 2.71 bits per heavy atom. The number of hydrogen-bond donors (Lipinski definition) is 1. The summed E-state index contributed by atoms with van der Waals surface area (Å²) in [5.41, 5.74) is 0. The van der Waals surface area contributed by atoms with E-state index in [9.17, 15) is 4.39 Å². The Morgan fingerprint density at radius 2 is 2.00 bits per heavy atom. The van der Waals surface area contributed by atoms with Gasteiger partial charge in [-0.3, -0.25) is 0 Å². The molecule has 1 N–H and O–H groups in total. The van der Waals surface area contributed by atoms with Crippen molar-refractivity contribution in [3.05, 3.63) is 30.1 Å². The van der Waals surface area contributed by atoms with Gasteiger partial charge in [-0.2, -0.15) is 0 Å². The summed E-state index contributed by atoms with van der Waals surface area (Å²) in [6.45, 7) is 5.53. The Labute approximate surface area is 133 Å². The summed E-state index contributed by atoms with van der Waals surface area (Å²) in [7, 11) is 0. The molecule has 0 aromatic heterocycles. The Balaban J connectivity index is 2.03. The lowest BCUT2D eigenvalue weighted by Gasteiger charge is -2.36. The molecule has 1 aliphatic carbocycles. The molecule has 3 unspecified atom stereocenters. The second kappa shape index (κ2) is 8.79. The number of nitrogens with one attached hydrogen (secondary N) is 1. The van der Waals surface area contributed by atoms with Gasteiger partial charge in [0.05, 0.1) is 0 Å². The first kappa shape index (κ1) is 16.8. The second-order valence-corrected chi connectivity index (χ2v) is 7.40. The zero-order valence-electron chi connectivity index (χ0n) is 13.3. The molecule has 1 nitrogen and oxygen atoms in total. The maximum atomic E-state index is 13.9. The number of benzene rings is 1. The van der Waals surface area contributed by atoms with Crippen molar-refractivity contribution in [3.63, 3.8) is 0 Å². The standard InChI is InChI=1S/C18H28FNS/c1-3-7-14-10-11-16(20-12-4-2)18(13-14)21-17-9-6-5-8-15(17)19/h5-6,8-9,14,16,18,20H,3-4,7,10-13H2,1-2H3. The molecule has 0 bridgehead atoms. The van der Waals surface area contributed by atoms with Gasteiger partial charge < -0.3 is 5.32 Å². The first-order chi connectivity index (χ1) is 10.2. The van der Waals surface area contributed by atoms with Crippen LogP contribution in [0.25, 0.3) is 0 Å². The highest BCUT2D eigenvalue weighted by Gasteiger charge is 2.30. The van der Waals surface area contributed by atoms with Gasteiger partial charge in [-0.25, -0.2) is 4.39 Å². The summed E-state index contributed by atoms with van der Waals surface area (Å²) in [6, 6.07) is 7.73. The summed E-state index contributed by atoms with van der Waals surface area (Å²) in [5, 5.41) is 4.18. The number of halogens is 1. The number of thioether (sulfide) groups is 1. The van der Waals surface area contributed by atoms with Crippen LogP contribution in [0, 0.1) is 11.7 Å². The van der Waals surface area contributed by atoms with Gasteiger partial charge in [0, 0.05) is 16.2 Å². The van der Waals surface area contributed by atoms with E-state index in [2.05, 4.69) is 19.2 Å². The molecule has 3 heteroatoms. The zero-order chi connectivity index (χ0) is 15.1. The molecule has 3 atom stereocenters. The zero-order valence-corrected chi connectivity index (χ0v) is 14.1. The van der Waals surface area contributed by atoms with E-state index in [0.29, 0.717) is 11.3 Å². The quantitative estimate of drug-likeness (QED) is 0.738. The Morgan fingerprint density at radius 1 is 1.19 bits per heavy atom. The van der Waals surface area contributed by atoms with Crippen LogP contribution in [-0.4, -0.2) is 17.8 Å². The van der Waals surface area contributed by atoms with Crippen molar-refractivity contribution in [1.29, 1.82) is 0 Å². The molecule has 0 saturated heterocycles. The van der Waals surface area contributed by atoms with Gasteiger partial charge in [-0.1, -0.05) is 38.8 Å². The van der Waals surface area contributed by atoms with Gasteiger partial charge in [0.2, 0.25) is 0 Å². The van der Waals surface area contributed by atoms with Gasteiger partial charge in [0.15, 0.2) is 0 Å². The highest BCUT2D eigenvalue weighted by atomic mass is 32.2. The summed E-state index contributed by atoms with van der Waals surface area (Å²) < 4.78 is 13.9. The molecule has 1 saturated carbocycles. The van der Waals surface area contributed by atoms with Crippen molar-refractivity contribution in [2.45, 2.75) is 68.6 Å².